The van der Waals surface area contributed by atoms with Crippen LogP contribution in [0.2, 0.25) is 0 Å². The normalized spacial score (nSPS) is 17.0. The number of benzene rings is 1. The molecule has 1 aliphatic rings. The molecule has 0 spiro atoms. The molecule has 25 heavy (non-hydrogen) atoms. The van der Waals surface area contributed by atoms with Crippen LogP contribution in [0, 0.1) is 18.8 Å². The molecule has 2 amide bonds. The number of rotatable bonds is 5. The number of aromatic nitrogens is 1. The fraction of sp³-hybridized carbons (Fsp3) is 0.316. The minimum absolute atomic E-state index is 0.0235. The van der Waals surface area contributed by atoms with E-state index in [0.29, 0.717) is 18.8 Å². The summed E-state index contributed by atoms with van der Waals surface area (Å²) >= 11 is 0. The van der Waals surface area contributed by atoms with E-state index in [2.05, 4.69) is 10.3 Å². The third kappa shape index (κ3) is 4.41. The van der Waals surface area contributed by atoms with Crippen molar-refractivity contribution in [2.75, 3.05) is 6.54 Å². The molecular weight excluding hydrogens is 321 g/mol. The van der Waals surface area contributed by atoms with Gasteiger partial charge in [0.1, 0.15) is 0 Å². The second-order valence-electron chi connectivity index (χ2n) is 6.33. The van der Waals surface area contributed by atoms with Crippen LogP contribution in [0.1, 0.15) is 23.2 Å². The molecule has 1 aliphatic heterocycles. The number of nitrogens with zero attached hydrogens (tertiary/aromatic N) is 2. The van der Waals surface area contributed by atoms with Gasteiger partial charge in [0.2, 0.25) is 17.8 Å². The monoisotopic (exact) mass is 341 g/mol. The van der Waals surface area contributed by atoms with Crippen molar-refractivity contribution in [1.29, 1.82) is 0 Å². The summed E-state index contributed by atoms with van der Waals surface area (Å²) in [6.07, 6.45) is 0.203. The van der Waals surface area contributed by atoms with E-state index in [4.69, 9.17) is 0 Å². The molecule has 2 aromatic rings. The minimum Gasteiger partial charge on any atom is -0.350 e. The second kappa shape index (κ2) is 7.42. The number of pyridine rings is 1. The fourth-order valence-electron chi connectivity index (χ4n) is 2.89. The first-order chi connectivity index (χ1) is 12.0. The predicted molar refractivity (Wildman–Crippen MR) is 90.7 cm³/mol. The van der Waals surface area contributed by atoms with Gasteiger partial charge in [-0.05, 0) is 24.6 Å². The number of carbonyl (C=O) groups excluding carboxylic acids is 2. The predicted octanol–water partition coefficient (Wildman–Crippen LogP) is 2.19. The Balaban J connectivity index is 1.54. The summed E-state index contributed by atoms with van der Waals surface area (Å²) in [6.45, 7) is 3.07. The van der Waals surface area contributed by atoms with Gasteiger partial charge in [0, 0.05) is 19.5 Å². The highest BCUT2D eigenvalue weighted by atomic mass is 19.1. The number of likely N-dealkylation sites (tertiary alicyclic amines) is 1. The van der Waals surface area contributed by atoms with Crippen LogP contribution >= 0.6 is 0 Å². The van der Waals surface area contributed by atoms with Crippen molar-refractivity contribution in [2.45, 2.75) is 26.4 Å². The Morgan fingerprint density at radius 2 is 2.04 bits per heavy atom. The Labute approximate surface area is 145 Å². The molecule has 2 heterocycles. The lowest BCUT2D eigenvalue weighted by molar-refractivity contribution is -0.129. The first-order valence-electron chi connectivity index (χ1n) is 8.24. The molecule has 5 nitrogen and oxygen atoms in total. The van der Waals surface area contributed by atoms with Gasteiger partial charge in [-0.3, -0.25) is 9.59 Å². The zero-order valence-electron chi connectivity index (χ0n) is 14.0. The molecular formula is C19H20FN3O2. The Bertz CT molecular complexity index is 776. The van der Waals surface area contributed by atoms with Crippen LogP contribution in [0.3, 0.4) is 0 Å². The van der Waals surface area contributed by atoms with E-state index in [1.54, 1.807) is 17.0 Å². The van der Waals surface area contributed by atoms with Crippen molar-refractivity contribution in [3.8, 4) is 0 Å². The molecule has 0 radical (unpaired) electrons. The molecule has 1 saturated heterocycles. The maximum Gasteiger partial charge on any atom is 0.225 e. The topological polar surface area (TPSA) is 62.3 Å². The second-order valence-corrected chi connectivity index (χ2v) is 6.33. The maximum atomic E-state index is 13.1. The molecule has 1 N–H and O–H groups in total. The molecule has 0 aliphatic carbocycles. The van der Waals surface area contributed by atoms with E-state index >= 15 is 0 Å². The van der Waals surface area contributed by atoms with Gasteiger partial charge in [-0.25, -0.2) is 4.98 Å². The maximum absolute atomic E-state index is 13.1. The van der Waals surface area contributed by atoms with E-state index in [1.165, 1.54) is 11.6 Å². The van der Waals surface area contributed by atoms with Gasteiger partial charge in [0.25, 0.3) is 0 Å². The number of nitrogens with one attached hydrogen (secondary N) is 1. The van der Waals surface area contributed by atoms with Gasteiger partial charge in [-0.15, -0.1) is 0 Å². The highest BCUT2D eigenvalue weighted by Crippen LogP contribution is 2.20. The number of aryl methyl sites for hydroxylation is 1. The largest absolute Gasteiger partial charge is 0.350 e. The van der Waals surface area contributed by atoms with Crippen LogP contribution in [0.4, 0.5) is 4.39 Å². The van der Waals surface area contributed by atoms with E-state index in [-0.39, 0.29) is 30.7 Å². The molecule has 1 unspecified atom stereocenters. The van der Waals surface area contributed by atoms with Crippen molar-refractivity contribution >= 4 is 11.8 Å². The van der Waals surface area contributed by atoms with E-state index in [0.717, 1.165) is 5.56 Å². The lowest BCUT2D eigenvalue weighted by Crippen LogP contribution is -2.32. The summed E-state index contributed by atoms with van der Waals surface area (Å²) in [5.74, 6) is -1.19. The van der Waals surface area contributed by atoms with Crippen molar-refractivity contribution in [2.24, 2.45) is 5.92 Å². The summed E-state index contributed by atoms with van der Waals surface area (Å²) in [7, 11) is 0. The van der Waals surface area contributed by atoms with Crippen LogP contribution in [0.5, 0.6) is 0 Å². The van der Waals surface area contributed by atoms with Crippen LogP contribution in [0.25, 0.3) is 0 Å². The number of hydrogen-bond acceptors (Lipinski definition) is 3. The summed E-state index contributed by atoms with van der Waals surface area (Å²) in [5.41, 5.74) is 2.66. The number of carbonyl (C=O) groups is 2. The molecule has 0 saturated carbocycles. The lowest BCUT2D eigenvalue weighted by Gasteiger charge is -2.17. The first-order valence-corrected chi connectivity index (χ1v) is 8.24. The van der Waals surface area contributed by atoms with E-state index in [1.807, 2.05) is 31.2 Å². The van der Waals surface area contributed by atoms with Gasteiger partial charge in [0.15, 0.2) is 0 Å². The van der Waals surface area contributed by atoms with Gasteiger partial charge in [0.05, 0.1) is 18.2 Å². The number of halogens is 1. The SMILES string of the molecule is Cc1ccc(CN2CC(C(=O)NCc3cccc(F)n3)CC2=O)cc1. The average Bonchev–Trinajstić information content (AvgIpc) is 2.96. The van der Waals surface area contributed by atoms with Gasteiger partial charge in [-0.1, -0.05) is 35.9 Å². The minimum atomic E-state index is -0.577. The lowest BCUT2D eigenvalue weighted by atomic mass is 10.1. The van der Waals surface area contributed by atoms with Gasteiger partial charge >= 0.3 is 0 Å². The van der Waals surface area contributed by atoms with Crippen molar-refractivity contribution in [3.05, 3.63) is 65.2 Å². The Morgan fingerprint density at radius 3 is 2.76 bits per heavy atom. The summed E-state index contributed by atoms with van der Waals surface area (Å²) in [4.78, 5) is 29.9. The number of amides is 2. The van der Waals surface area contributed by atoms with Crippen LogP contribution in [0.15, 0.2) is 42.5 Å². The fourth-order valence-corrected chi connectivity index (χ4v) is 2.89. The summed E-state index contributed by atoms with van der Waals surface area (Å²) in [5, 5.41) is 2.73. The molecule has 1 atom stereocenters. The van der Waals surface area contributed by atoms with E-state index in [9.17, 15) is 14.0 Å². The molecule has 1 aromatic carbocycles. The molecule has 130 valence electrons. The summed E-state index contributed by atoms with van der Waals surface area (Å²) < 4.78 is 13.1. The Kier molecular flexibility index (Phi) is 5.07. The number of hydrogen-bond donors (Lipinski definition) is 1. The van der Waals surface area contributed by atoms with E-state index < -0.39 is 5.95 Å². The summed E-state index contributed by atoms with van der Waals surface area (Å²) in [6, 6.07) is 12.4. The first kappa shape index (κ1) is 17.1. The molecule has 0 bridgehead atoms. The molecule has 1 fully saturated rings. The molecule has 3 rings (SSSR count). The highest BCUT2D eigenvalue weighted by molar-refractivity contribution is 5.89. The highest BCUT2D eigenvalue weighted by Gasteiger charge is 2.34. The molecule has 1 aromatic heterocycles. The van der Waals surface area contributed by atoms with Crippen molar-refractivity contribution < 1.29 is 14.0 Å². The zero-order chi connectivity index (χ0) is 17.8. The van der Waals surface area contributed by atoms with Crippen LogP contribution in [-0.2, 0) is 22.7 Å². The van der Waals surface area contributed by atoms with Crippen LogP contribution < -0.4 is 5.32 Å². The van der Waals surface area contributed by atoms with Gasteiger partial charge in [-0.2, -0.15) is 4.39 Å². The quantitative estimate of drug-likeness (QED) is 0.848. The zero-order valence-corrected chi connectivity index (χ0v) is 14.0. The van der Waals surface area contributed by atoms with Crippen LogP contribution in [-0.4, -0.2) is 28.2 Å². The standard InChI is InChI=1S/C19H20FN3O2/c1-13-5-7-14(8-6-13)11-23-12-15(9-18(23)24)19(25)21-10-16-3-2-4-17(20)22-16/h2-8,15H,9-12H2,1H3,(H,21,25). The molecule has 6 heteroatoms. The average molecular weight is 341 g/mol. The Morgan fingerprint density at radius 1 is 1.28 bits per heavy atom. The van der Waals surface area contributed by atoms with Crippen molar-refractivity contribution in [3.63, 3.8) is 0 Å². The van der Waals surface area contributed by atoms with Crippen molar-refractivity contribution in [1.82, 2.24) is 15.2 Å². The third-order valence-corrected chi connectivity index (χ3v) is 4.30. The third-order valence-electron chi connectivity index (χ3n) is 4.30. The Hall–Kier alpha value is -2.76. The smallest absolute Gasteiger partial charge is 0.225 e. The van der Waals surface area contributed by atoms with Gasteiger partial charge < -0.3 is 10.2 Å².